The zero-order valence-electron chi connectivity index (χ0n) is 11.6. The Labute approximate surface area is 102 Å². The number of hydrogen-bond donors (Lipinski definition) is 1. The first-order chi connectivity index (χ1) is 7.20. The predicted octanol–water partition coefficient (Wildman–Crippen LogP) is 3.17. The van der Waals surface area contributed by atoms with Crippen molar-refractivity contribution in [2.45, 2.75) is 64.8 Å². The van der Waals surface area contributed by atoms with Crippen LogP contribution in [0.15, 0.2) is 0 Å². The van der Waals surface area contributed by atoms with Crippen LogP contribution in [0.3, 0.4) is 0 Å². The van der Waals surface area contributed by atoms with Gasteiger partial charge in [-0.25, -0.2) is 0 Å². The summed E-state index contributed by atoms with van der Waals surface area (Å²) < 4.78 is 5.91. The molecule has 1 atom stereocenters. The smallest absolute Gasteiger partial charge is 0.192 e. The largest absolute Gasteiger partial charge is 0.414 e. The molecule has 94 valence electrons. The topological polar surface area (TPSA) is 29.5 Å². The lowest BCUT2D eigenvalue weighted by molar-refractivity contribution is 0.104. The zero-order chi connectivity index (χ0) is 12.8. The monoisotopic (exact) mass is 242 g/mol. The molecular weight excluding hydrogens is 216 g/mol. The van der Waals surface area contributed by atoms with E-state index in [9.17, 15) is 5.11 Å². The minimum atomic E-state index is -1.72. The van der Waals surface area contributed by atoms with Gasteiger partial charge >= 0.3 is 0 Å². The van der Waals surface area contributed by atoms with E-state index in [4.69, 9.17) is 4.43 Å². The van der Waals surface area contributed by atoms with Gasteiger partial charge < -0.3 is 9.53 Å². The zero-order valence-corrected chi connectivity index (χ0v) is 12.6. The van der Waals surface area contributed by atoms with Gasteiger partial charge in [0, 0.05) is 12.8 Å². The second kappa shape index (κ2) is 6.44. The van der Waals surface area contributed by atoms with Gasteiger partial charge in [-0.05, 0) is 18.1 Å². The van der Waals surface area contributed by atoms with Crippen molar-refractivity contribution in [1.82, 2.24) is 0 Å². The first kappa shape index (κ1) is 15.7. The van der Waals surface area contributed by atoms with Crippen LogP contribution >= 0.6 is 0 Å². The molecule has 0 saturated heterocycles. The fraction of sp³-hybridized carbons (Fsp3) is 0.846. The summed E-state index contributed by atoms with van der Waals surface area (Å²) in [5, 5.41) is 9.90. The van der Waals surface area contributed by atoms with Crippen molar-refractivity contribution in [3.8, 4) is 11.8 Å². The molecule has 0 aliphatic rings. The molecule has 0 rings (SSSR count). The van der Waals surface area contributed by atoms with Crippen molar-refractivity contribution in [1.29, 1.82) is 0 Å². The molecule has 0 bridgehead atoms. The van der Waals surface area contributed by atoms with E-state index in [2.05, 4.69) is 45.7 Å². The van der Waals surface area contributed by atoms with Crippen LogP contribution in [0.2, 0.25) is 18.1 Å². The standard InChI is InChI=1S/C13H26O2Si/c1-7-8-9-10-12(14)11-15-16(5,6)13(2,3)4/h12,14H,7,10-11H2,1-6H3/t12-/m0/s1. The van der Waals surface area contributed by atoms with Crippen LogP contribution < -0.4 is 0 Å². The maximum atomic E-state index is 9.70. The van der Waals surface area contributed by atoms with Crippen LogP contribution in [0.1, 0.15) is 40.5 Å². The molecule has 0 aliphatic carbocycles. The molecule has 2 nitrogen and oxygen atoms in total. The van der Waals surface area contributed by atoms with Crippen molar-refractivity contribution in [2.24, 2.45) is 0 Å². The number of aliphatic hydroxyl groups is 1. The van der Waals surface area contributed by atoms with Gasteiger partial charge in [0.1, 0.15) is 0 Å². The third kappa shape index (κ3) is 5.69. The average molecular weight is 242 g/mol. The average Bonchev–Trinajstić information content (AvgIpc) is 2.13. The maximum absolute atomic E-state index is 9.70. The number of hydrogen-bond acceptors (Lipinski definition) is 2. The van der Waals surface area contributed by atoms with Gasteiger partial charge in [-0.1, -0.05) is 27.7 Å². The number of rotatable bonds is 4. The third-order valence-corrected chi connectivity index (χ3v) is 7.58. The summed E-state index contributed by atoms with van der Waals surface area (Å²) in [5.41, 5.74) is 0. The molecule has 0 unspecified atom stereocenters. The highest BCUT2D eigenvalue weighted by Crippen LogP contribution is 2.36. The Balaban J connectivity index is 4.05. The molecule has 1 N–H and O–H groups in total. The van der Waals surface area contributed by atoms with Gasteiger partial charge in [-0.3, -0.25) is 0 Å². The molecule has 0 aromatic heterocycles. The van der Waals surface area contributed by atoms with E-state index in [-0.39, 0.29) is 5.04 Å². The predicted molar refractivity (Wildman–Crippen MR) is 71.8 cm³/mol. The van der Waals surface area contributed by atoms with Gasteiger partial charge in [0.05, 0.1) is 12.7 Å². The van der Waals surface area contributed by atoms with Crippen molar-refractivity contribution in [3.05, 3.63) is 0 Å². The Kier molecular flexibility index (Phi) is 6.31. The summed E-state index contributed by atoms with van der Waals surface area (Å²) in [6, 6.07) is 0. The maximum Gasteiger partial charge on any atom is 0.192 e. The van der Waals surface area contributed by atoms with Gasteiger partial charge in [0.2, 0.25) is 0 Å². The molecule has 0 fully saturated rings. The van der Waals surface area contributed by atoms with E-state index in [0.29, 0.717) is 13.0 Å². The molecule has 3 heteroatoms. The van der Waals surface area contributed by atoms with Crippen molar-refractivity contribution in [3.63, 3.8) is 0 Å². The fourth-order valence-corrected chi connectivity index (χ4v) is 1.94. The van der Waals surface area contributed by atoms with Crippen LogP contribution in [-0.2, 0) is 4.43 Å². The number of aliphatic hydroxyl groups excluding tert-OH is 1. The Bertz CT molecular complexity index is 255. The first-order valence-electron chi connectivity index (χ1n) is 5.98. The molecule has 0 heterocycles. The van der Waals surface area contributed by atoms with Crippen LogP contribution in [-0.4, -0.2) is 26.1 Å². The normalized spacial score (nSPS) is 14.2. The van der Waals surface area contributed by atoms with Gasteiger partial charge in [0.15, 0.2) is 8.32 Å². The Morgan fingerprint density at radius 1 is 1.25 bits per heavy atom. The van der Waals surface area contributed by atoms with Crippen molar-refractivity contribution >= 4 is 8.32 Å². The lowest BCUT2D eigenvalue weighted by Gasteiger charge is -2.36. The Morgan fingerprint density at radius 2 is 1.81 bits per heavy atom. The Hall–Kier alpha value is -0.303. The van der Waals surface area contributed by atoms with Gasteiger partial charge in [-0.2, -0.15) is 0 Å². The van der Waals surface area contributed by atoms with E-state index in [1.165, 1.54) is 0 Å². The lowest BCUT2D eigenvalue weighted by Crippen LogP contribution is -2.42. The highest BCUT2D eigenvalue weighted by molar-refractivity contribution is 6.74. The molecule has 16 heavy (non-hydrogen) atoms. The second-order valence-electron chi connectivity index (χ2n) is 5.64. The second-order valence-corrected chi connectivity index (χ2v) is 10.4. The molecule has 0 aromatic carbocycles. The molecule has 0 spiro atoms. The quantitative estimate of drug-likeness (QED) is 0.606. The molecule has 0 aromatic rings. The van der Waals surface area contributed by atoms with Crippen LogP contribution in [0, 0.1) is 11.8 Å². The lowest BCUT2D eigenvalue weighted by atomic mass is 10.2. The van der Waals surface area contributed by atoms with Gasteiger partial charge in [0.25, 0.3) is 0 Å². The van der Waals surface area contributed by atoms with E-state index < -0.39 is 14.4 Å². The van der Waals surface area contributed by atoms with E-state index in [1.54, 1.807) is 0 Å². The molecule has 0 amide bonds. The summed E-state index contributed by atoms with van der Waals surface area (Å²) in [4.78, 5) is 0. The van der Waals surface area contributed by atoms with E-state index >= 15 is 0 Å². The van der Waals surface area contributed by atoms with Crippen LogP contribution in [0.5, 0.6) is 0 Å². The summed E-state index contributed by atoms with van der Waals surface area (Å²) in [6.07, 6.45) is 0.909. The highest BCUT2D eigenvalue weighted by atomic mass is 28.4. The molecule has 0 radical (unpaired) electrons. The fourth-order valence-electron chi connectivity index (χ4n) is 0.895. The van der Waals surface area contributed by atoms with Crippen LogP contribution in [0.4, 0.5) is 0 Å². The van der Waals surface area contributed by atoms with Crippen molar-refractivity contribution in [2.75, 3.05) is 6.61 Å². The Morgan fingerprint density at radius 3 is 2.25 bits per heavy atom. The highest BCUT2D eigenvalue weighted by Gasteiger charge is 2.37. The van der Waals surface area contributed by atoms with E-state index in [1.807, 2.05) is 6.92 Å². The SMILES string of the molecule is CCC#CC[C@H](O)CO[Si](C)(C)C(C)(C)C. The van der Waals surface area contributed by atoms with Crippen molar-refractivity contribution < 1.29 is 9.53 Å². The van der Waals surface area contributed by atoms with Crippen LogP contribution in [0.25, 0.3) is 0 Å². The van der Waals surface area contributed by atoms with E-state index in [0.717, 1.165) is 6.42 Å². The summed E-state index contributed by atoms with van der Waals surface area (Å²) in [6.45, 7) is 13.4. The minimum absolute atomic E-state index is 0.196. The minimum Gasteiger partial charge on any atom is -0.414 e. The molecule has 0 aliphatic heterocycles. The molecule has 0 saturated carbocycles. The van der Waals surface area contributed by atoms with Gasteiger partial charge in [-0.15, -0.1) is 11.8 Å². The first-order valence-corrected chi connectivity index (χ1v) is 8.89. The summed E-state index contributed by atoms with van der Waals surface area (Å²) in [5.74, 6) is 5.90. The summed E-state index contributed by atoms with van der Waals surface area (Å²) in [7, 11) is -1.72. The third-order valence-electron chi connectivity index (χ3n) is 3.08. The summed E-state index contributed by atoms with van der Waals surface area (Å²) >= 11 is 0. The molecular formula is C13H26O2Si.